The molecule has 3 aliphatic heterocycles. The van der Waals surface area contributed by atoms with Crippen LogP contribution >= 0.6 is 0 Å². The Kier molecular flexibility index (Phi) is 4.54. The van der Waals surface area contributed by atoms with E-state index in [9.17, 15) is 9.90 Å². The van der Waals surface area contributed by atoms with Crippen molar-refractivity contribution in [3.8, 4) is 0 Å². The maximum Gasteiger partial charge on any atom is 0.407 e. The summed E-state index contributed by atoms with van der Waals surface area (Å²) in [4.78, 5) is 19.7. The van der Waals surface area contributed by atoms with Gasteiger partial charge in [0.25, 0.3) is 0 Å². The summed E-state index contributed by atoms with van der Waals surface area (Å²) in [6.07, 6.45) is 7.43. The highest BCUT2D eigenvalue weighted by atomic mass is 16.4. The Morgan fingerprint density at radius 1 is 1.11 bits per heavy atom. The van der Waals surface area contributed by atoms with Gasteiger partial charge in [0.1, 0.15) is 0 Å². The number of hydrogen-bond donors (Lipinski definition) is 1. The number of carbonyl (C=O) groups is 1. The molecular weight excluding hydrogens is 358 g/mol. The monoisotopic (exact) mass is 389 g/mol. The van der Waals surface area contributed by atoms with Crippen molar-refractivity contribution in [1.82, 2.24) is 34.9 Å². The third-order valence-electron chi connectivity index (χ3n) is 7.65. The van der Waals surface area contributed by atoms with Crippen LogP contribution in [0.4, 0.5) is 4.79 Å². The quantitative estimate of drug-likeness (QED) is 0.834. The Morgan fingerprint density at radius 3 is 2.54 bits per heavy atom. The minimum absolute atomic E-state index is 0.275. The lowest BCUT2D eigenvalue weighted by molar-refractivity contribution is -0.0170. The Morgan fingerprint density at radius 2 is 1.89 bits per heavy atom. The van der Waals surface area contributed by atoms with Crippen LogP contribution in [0.25, 0.3) is 0 Å². The first-order valence-electron chi connectivity index (χ1n) is 10.7. The lowest BCUT2D eigenvalue weighted by atomic mass is 9.64. The Bertz CT molecular complexity index is 724. The van der Waals surface area contributed by atoms with Crippen LogP contribution in [0.3, 0.4) is 0 Å². The summed E-state index contributed by atoms with van der Waals surface area (Å²) in [7, 11) is 1.83. The number of tetrazole rings is 1. The van der Waals surface area contributed by atoms with Crippen molar-refractivity contribution in [3.63, 3.8) is 0 Å². The zero-order chi connectivity index (χ0) is 19.3. The molecule has 154 valence electrons. The SMILES string of the molecule is Cn1nnc(C2CCCN2C2CCN(C3CC4(CCN(C(=O)O)C4)C3)CC2)n1. The number of amides is 1. The number of hydrogen-bond acceptors (Lipinski definition) is 6. The fourth-order valence-electron chi connectivity index (χ4n) is 6.15. The molecule has 4 heterocycles. The van der Waals surface area contributed by atoms with Gasteiger partial charge in [0.05, 0.1) is 13.1 Å². The maximum absolute atomic E-state index is 11.2. The molecule has 5 rings (SSSR count). The van der Waals surface area contributed by atoms with Crippen molar-refractivity contribution in [2.24, 2.45) is 12.5 Å². The van der Waals surface area contributed by atoms with Crippen molar-refractivity contribution in [2.75, 3.05) is 32.7 Å². The highest BCUT2D eigenvalue weighted by Crippen LogP contribution is 2.50. The third-order valence-corrected chi connectivity index (χ3v) is 7.65. The first kappa shape index (κ1) is 18.3. The highest BCUT2D eigenvalue weighted by molar-refractivity contribution is 5.65. The summed E-state index contributed by atoms with van der Waals surface area (Å²) in [5.41, 5.74) is 0.275. The van der Waals surface area contributed by atoms with Crippen molar-refractivity contribution in [2.45, 2.75) is 63.1 Å². The van der Waals surface area contributed by atoms with Crippen LogP contribution in [-0.2, 0) is 7.05 Å². The van der Waals surface area contributed by atoms with Gasteiger partial charge in [0.15, 0.2) is 5.82 Å². The lowest BCUT2D eigenvalue weighted by Gasteiger charge is -2.52. The van der Waals surface area contributed by atoms with E-state index in [0.717, 1.165) is 51.4 Å². The number of nitrogens with zero attached hydrogens (tertiary/aromatic N) is 7. The predicted molar refractivity (Wildman–Crippen MR) is 102 cm³/mol. The van der Waals surface area contributed by atoms with Crippen LogP contribution in [0, 0.1) is 5.41 Å². The Balaban J connectivity index is 1.13. The standard InChI is InChI=1S/C19H31N7O2/c1-23-21-17(20-22-23)16-3-2-7-26(16)14-4-8-24(9-5-14)15-11-19(12-15)6-10-25(13-19)18(27)28/h14-16H,2-13H2,1H3,(H,27,28). The molecule has 4 aliphatic rings. The smallest absolute Gasteiger partial charge is 0.407 e. The number of piperidine rings is 1. The fraction of sp³-hybridized carbons (Fsp3) is 0.895. The molecule has 1 amide bonds. The minimum Gasteiger partial charge on any atom is -0.465 e. The molecule has 3 saturated heterocycles. The molecule has 0 radical (unpaired) electrons. The Labute approximate surface area is 165 Å². The van der Waals surface area contributed by atoms with Crippen LogP contribution in [0.2, 0.25) is 0 Å². The second-order valence-corrected chi connectivity index (χ2v) is 9.32. The van der Waals surface area contributed by atoms with E-state index in [-0.39, 0.29) is 5.41 Å². The van der Waals surface area contributed by atoms with E-state index >= 15 is 0 Å². The van der Waals surface area contributed by atoms with Gasteiger partial charge in [0, 0.05) is 25.2 Å². The van der Waals surface area contributed by atoms with E-state index in [1.54, 1.807) is 9.70 Å². The first-order valence-corrected chi connectivity index (χ1v) is 10.7. The second kappa shape index (κ2) is 6.95. The number of rotatable bonds is 3. The van der Waals surface area contributed by atoms with Gasteiger partial charge in [-0.1, -0.05) is 0 Å². The molecule has 1 aromatic rings. The molecule has 28 heavy (non-hydrogen) atoms. The molecule has 4 fully saturated rings. The zero-order valence-electron chi connectivity index (χ0n) is 16.7. The summed E-state index contributed by atoms with van der Waals surface area (Å²) in [5.74, 6) is 0.882. The van der Waals surface area contributed by atoms with Crippen LogP contribution in [-0.4, -0.2) is 90.9 Å². The number of likely N-dealkylation sites (tertiary alicyclic amines) is 3. The van der Waals surface area contributed by atoms with Gasteiger partial charge in [-0.3, -0.25) is 4.90 Å². The van der Waals surface area contributed by atoms with Crippen molar-refractivity contribution < 1.29 is 9.90 Å². The number of carboxylic acid groups (broad SMARTS) is 1. The van der Waals surface area contributed by atoms with Gasteiger partial charge in [0.2, 0.25) is 0 Å². The van der Waals surface area contributed by atoms with Gasteiger partial charge in [-0.2, -0.15) is 4.80 Å². The molecule has 1 N–H and O–H groups in total. The van der Waals surface area contributed by atoms with E-state index in [0.29, 0.717) is 18.1 Å². The van der Waals surface area contributed by atoms with Crippen LogP contribution < -0.4 is 0 Å². The summed E-state index contributed by atoms with van der Waals surface area (Å²) >= 11 is 0. The van der Waals surface area contributed by atoms with Crippen LogP contribution in [0.1, 0.15) is 56.8 Å². The lowest BCUT2D eigenvalue weighted by Crippen LogP contribution is -2.56. The van der Waals surface area contributed by atoms with Gasteiger partial charge < -0.3 is 14.9 Å². The maximum atomic E-state index is 11.2. The third kappa shape index (κ3) is 3.18. The molecule has 9 heteroatoms. The summed E-state index contributed by atoms with van der Waals surface area (Å²) in [6, 6.07) is 1.61. The molecule has 9 nitrogen and oxygen atoms in total. The highest BCUT2D eigenvalue weighted by Gasteiger charge is 2.51. The fourth-order valence-corrected chi connectivity index (χ4v) is 6.15. The molecule has 1 aliphatic carbocycles. The van der Waals surface area contributed by atoms with Crippen molar-refractivity contribution in [3.05, 3.63) is 5.82 Å². The number of aryl methyl sites for hydroxylation is 1. The number of aromatic nitrogens is 4. The van der Waals surface area contributed by atoms with E-state index < -0.39 is 6.09 Å². The summed E-state index contributed by atoms with van der Waals surface area (Å²) in [6.45, 7) is 4.92. The minimum atomic E-state index is -0.751. The van der Waals surface area contributed by atoms with Gasteiger partial charge in [-0.05, 0) is 75.2 Å². The summed E-state index contributed by atoms with van der Waals surface area (Å²) in [5, 5.41) is 22.0. The second-order valence-electron chi connectivity index (χ2n) is 9.32. The van der Waals surface area contributed by atoms with Gasteiger partial charge in [-0.15, -0.1) is 10.2 Å². The van der Waals surface area contributed by atoms with Crippen LogP contribution in [0.15, 0.2) is 0 Å². The van der Waals surface area contributed by atoms with Crippen LogP contribution in [0.5, 0.6) is 0 Å². The first-order chi connectivity index (χ1) is 13.5. The van der Waals surface area contributed by atoms with E-state index in [4.69, 9.17) is 0 Å². The topological polar surface area (TPSA) is 90.6 Å². The van der Waals surface area contributed by atoms with Gasteiger partial charge in [-0.25, -0.2) is 4.79 Å². The Hall–Kier alpha value is -1.74. The molecular formula is C19H31N7O2. The average molecular weight is 390 g/mol. The van der Waals surface area contributed by atoms with E-state index in [1.165, 1.54) is 32.1 Å². The predicted octanol–water partition coefficient (Wildman–Crippen LogP) is 1.34. The van der Waals surface area contributed by atoms with E-state index in [2.05, 4.69) is 25.2 Å². The van der Waals surface area contributed by atoms with Gasteiger partial charge >= 0.3 is 6.09 Å². The largest absolute Gasteiger partial charge is 0.465 e. The van der Waals surface area contributed by atoms with Crippen molar-refractivity contribution >= 4 is 6.09 Å². The average Bonchev–Trinajstić information content (AvgIpc) is 3.39. The van der Waals surface area contributed by atoms with E-state index in [1.807, 2.05) is 7.05 Å². The molecule has 1 saturated carbocycles. The van der Waals surface area contributed by atoms with Crippen molar-refractivity contribution in [1.29, 1.82) is 0 Å². The molecule has 1 unspecified atom stereocenters. The molecule has 0 bridgehead atoms. The molecule has 1 aromatic heterocycles. The normalized spacial score (nSPS) is 35.0. The molecule has 1 spiro atoms. The summed E-state index contributed by atoms with van der Waals surface area (Å²) < 4.78 is 0. The molecule has 0 aromatic carbocycles. The molecule has 1 atom stereocenters. The zero-order valence-corrected chi connectivity index (χ0v) is 16.7.